The number of hydrogen-bond donors (Lipinski definition) is 4. The number of nitrogens with zero attached hydrogens (tertiary/aromatic N) is 1. The summed E-state index contributed by atoms with van der Waals surface area (Å²) in [5.41, 5.74) is 1.04. The zero-order chi connectivity index (χ0) is 20.4. The van der Waals surface area contributed by atoms with Crippen molar-refractivity contribution in [2.24, 2.45) is 0 Å². The quantitative estimate of drug-likeness (QED) is 0.516. The second kappa shape index (κ2) is 8.31. The minimum absolute atomic E-state index is 0.113. The first-order valence-corrected chi connectivity index (χ1v) is 10.1. The number of hydrogen-bond acceptors (Lipinski definition) is 7. The summed E-state index contributed by atoms with van der Waals surface area (Å²) in [5, 5.41) is 20.8. The van der Waals surface area contributed by atoms with Crippen molar-refractivity contribution in [3.8, 4) is 10.4 Å². The van der Waals surface area contributed by atoms with E-state index in [4.69, 9.17) is 21.8 Å². The molecule has 1 heterocycles. The van der Waals surface area contributed by atoms with Gasteiger partial charge in [-0.1, -0.05) is 29.0 Å². The van der Waals surface area contributed by atoms with Gasteiger partial charge in [0.15, 0.2) is 5.13 Å². The zero-order valence-electron chi connectivity index (χ0n) is 14.2. The average molecular weight is 434 g/mol. The van der Waals surface area contributed by atoms with Gasteiger partial charge in [-0.15, -0.1) is 0 Å². The SMILES string of the molecule is CC(=O)Nc1nc(C)c(-c2ccc(Cl)c(S(=O)(=O)N[C@H](CO)C(=O)O)c2)s1. The summed E-state index contributed by atoms with van der Waals surface area (Å²) in [7, 11) is -4.31. The van der Waals surface area contributed by atoms with Gasteiger partial charge >= 0.3 is 5.97 Å². The number of carboxylic acid groups (broad SMARTS) is 1. The number of carbonyl (C=O) groups excluding carboxylic acids is 1. The summed E-state index contributed by atoms with van der Waals surface area (Å²) in [5.74, 6) is -1.81. The molecule has 0 aliphatic rings. The lowest BCUT2D eigenvalue weighted by Crippen LogP contribution is -2.43. The van der Waals surface area contributed by atoms with E-state index in [9.17, 15) is 18.0 Å². The first-order valence-electron chi connectivity index (χ1n) is 7.46. The number of rotatable bonds is 7. The van der Waals surface area contributed by atoms with E-state index < -0.39 is 28.6 Å². The van der Waals surface area contributed by atoms with Crippen LogP contribution in [0.25, 0.3) is 10.4 Å². The summed E-state index contributed by atoms with van der Waals surface area (Å²) in [6, 6.07) is 2.52. The molecule has 0 unspecified atom stereocenters. The maximum atomic E-state index is 12.5. The van der Waals surface area contributed by atoms with Gasteiger partial charge in [0, 0.05) is 6.92 Å². The Morgan fingerprint density at radius 3 is 2.59 bits per heavy atom. The highest BCUT2D eigenvalue weighted by Crippen LogP contribution is 2.35. The Labute approximate surface area is 164 Å². The van der Waals surface area contributed by atoms with Gasteiger partial charge in [-0.05, 0) is 24.6 Å². The van der Waals surface area contributed by atoms with Gasteiger partial charge in [0.05, 0.1) is 22.2 Å². The van der Waals surface area contributed by atoms with E-state index in [0.717, 1.165) is 11.3 Å². The number of aliphatic hydroxyl groups excluding tert-OH is 1. The number of nitrogens with one attached hydrogen (secondary N) is 2. The molecule has 0 saturated carbocycles. The molecule has 4 N–H and O–H groups in total. The van der Waals surface area contributed by atoms with E-state index in [-0.39, 0.29) is 15.8 Å². The largest absolute Gasteiger partial charge is 0.480 e. The van der Waals surface area contributed by atoms with Crippen molar-refractivity contribution in [2.45, 2.75) is 24.8 Å². The van der Waals surface area contributed by atoms with Crippen molar-refractivity contribution in [2.75, 3.05) is 11.9 Å². The molecule has 0 aliphatic carbocycles. The molecule has 12 heteroatoms. The minimum Gasteiger partial charge on any atom is -0.480 e. The number of anilines is 1. The molecule has 0 spiro atoms. The molecule has 1 atom stereocenters. The van der Waals surface area contributed by atoms with Crippen molar-refractivity contribution >= 4 is 50.0 Å². The van der Waals surface area contributed by atoms with Gasteiger partial charge in [-0.3, -0.25) is 9.59 Å². The first kappa shape index (κ1) is 21.3. The van der Waals surface area contributed by atoms with E-state index in [1.807, 2.05) is 4.72 Å². The van der Waals surface area contributed by atoms with E-state index in [1.54, 1.807) is 13.0 Å². The van der Waals surface area contributed by atoms with Crippen LogP contribution in [0.15, 0.2) is 23.1 Å². The second-order valence-corrected chi connectivity index (χ2v) is 8.54. The maximum Gasteiger partial charge on any atom is 0.324 e. The Hall–Kier alpha value is -2.05. The van der Waals surface area contributed by atoms with Crippen LogP contribution in [0.2, 0.25) is 5.02 Å². The highest BCUT2D eigenvalue weighted by Gasteiger charge is 2.27. The Balaban J connectivity index is 2.46. The van der Waals surface area contributed by atoms with Crippen LogP contribution in [0.1, 0.15) is 12.6 Å². The van der Waals surface area contributed by atoms with Crippen molar-refractivity contribution in [3.05, 3.63) is 28.9 Å². The van der Waals surface area contributed by atoms with Crippen molar-refractivity contribution in [1.82, 2.24) is 9.71 Å². The Bertz CT molecular complexity index is 989. The van der Waals surface area contributed by atoms with Crippen molar-refractivity contribution < 1.29 is 28.2 Å². The fraction of sp³-hybridized carbons (Fsp3) is 0.267. The standard InChI is InChI=1S/C15H16ClN3O6S2/c1-7-13(26-15(17-7)18-8(2)21)9-3-4-10(16)12(5-9)27(24,25)19-11(6-20)14(22)23/h3-5,11,19-20H,6H2,1-2H3,(H,22,23)(H,17,18,21)/t11-/m1/s1. The number of aliphatic carboxylic acids is 1. The molecule has 0 saturated heterocycles. The number of amides is 1. The predicted molar refractivity (Wildman–Crippen MR) is 100 cm³/mol. The molecule has 1 amide bonds. The Morgan fingerprint density at radius 1 is 1.37 bits per heavy atom. The number of thiazole rings is 1. The molecular weight excluding hydrogens is 418 g/mol. The van der Waals surface area contributed by atoms with Crippen LogP contribution in [-0.4, -0.2) is 48.1 Å². The molecule has 2 aromatic rings. The summed E-state index contributed by atoms with van der Waals surface area (Å²) >= 11 is 7.14. The van der Waals surface area contributed by atoms with E-state index >= 15 is 0 Å². The molecule has 27 heavy (non-hydrogen) atoms. The molecule has 0 radical (unpaired) electrons. The van der Waals surface area contributed by atoms with Crippen LogP contribution >= 0.6 is 22.9 Å². The van der Waals surface area contributed by atoms with Crippen LogP contribution in [0.4, 0.5) is 5.13 Å². The molecule has 146 valence electrons. The van der Waals surface area contributed by atoms with Crippen LogP contribution in [0.3, 0.4) is 0 Å². The summed E-state index contributed by atoms with van der Waals surface area (Å²) in [4.78, 5) is 26.6. The summed E-state index contributed by atoms with van der Waals surface area (Å²) in [6.45, 7) is 2.12. The molecule has 0 aliphatic heterocycles. The molecule has 9 nitrogen and oxygen atoms in total. The van der Waals surface area contributed by atoms with Crippen molar-refractivity contribution in [1.29, 1.82) is 0 Å². The highest BCUT2D eigenvalue weighted by molar-refractivity contribution is 7.89. The second-order valence-electron chi connectivity index (χ2n) is 5.45. The third kappa shape index (κ3) is 5.02. The van der Waals surface area contributed by atoms with Crippen molar-refractivity contribution in [3.63, 3.8) is 0 Å². The zero-order valence-corrected chi connectivity index (χ0v) is 16.6. The molecule has 0 fully saturated rings. The average Bonchev–Trinajstić information content (AvgIpc) is 2.92. The van der Waals surface area contributed by atoms with Gasteiger partial charge in [0.1, 0.15) is 10.9 Å². The lowest BCUT2D eigenvalue weighted by molar-refractivity contribution is -0.139. The Morgan fingerprint density at radius 2 is 2.04 bits per heavy atom. The fourth-order valence-corrected chi connectivity index (χ4v) is 4.85. The van der Waals surface area contributed by atoms with Crippen LogP contribution in [0, 0.1) is 6.92 Å². The molecule has 0 bridgehead atoms. The number of halogens is 1. The number of aromatic nitrogens is 1. The van der Waals surface area contributed by atoms with E-state index in [1.165, 1.54) is 19.1 Å². The fourth-order valence-electron chi connectivity index (χ4n) is 2.14. The maximum absolute atomic E-state index is 12.5. The third-order valence-electron chi connectivity index (χ3n) is 3.34. The smallest absolute Gasteiger partial charge is 0.324 e. The number of sulfonamides is 1. The number of aliphatic hydroxyl groups is 1. The molecule has 1 aromatic heterocycles. The lowest BCUT2D eigenvalue weighted by Gasteiger charge is -2.14. The van der Waals surface area contributed by atoms with E-state index in [0.29, 0.717) is 21.3 Å². The van der Waals surface area contributed by atoms with Gasteiger partial charge in [-0.2, -0.15) is 4.72 Å². The third-order valence-corrected chi connectivity index (χ3v) is 6.42. The summed E-state index contributed by atoms with van der Waals surface area (Å²) < 4.78 is 26.9. The molecular formula is C15H16ClN3O6S2. The molecule has 1 aromatic carbocycles. The van der Waals surface area contributed by atoms with Gasteiger partial charge in [0.2, 0.25) is 15.9 Å². The van der Waals surface area contributed by atoms with Crippen LogP contribution in [-0.2, 0) is 19.6 Å². The highest BCUT2D eigenvalue weighted by atomic mass is 35.5. The normalized spacial score (nSPS) is 12.6. The number of benzene rings is 1. The topological polar surface area (TPSA) is 146 Å². The lowest BCUT2D eigenvalue weighted by atomic mass is 10.2. The minimum atomic E-state index is -4.31. The number of carboxylic acids is 1. The van der Waals surface area contributed by atoms with Gasteiger partial charge < -0.3 is 15.5 Å². The number of aryl methyl sites for hydroxylation is 1. The number of carbonyl (C=O) groups is 2. The first-order chi connectivity index (χ1) is 12.5. The van der Waals surface area contributed by atoms with Gasteiger partial charge in [0.25, 0.3) is 0 Å². The Kier molecular flexibility index (Phi) is 6.54. The summed E-state index contributed by atoms with van der Waals surface area (Å²) in [6.07, 6.45) is 0. The monoisotopic (exact) mass is 433 g/mol. The predicted octanol–water partition coefficient (Wildman–Crippen LogP) is 1.45. The molecule has 2 rings (SSSR count). The van der Waals surface area contributed by atoms with Crippen LogP contribution in [0.5, 0.6) is 0 Å². The van der Waals surface area contributed by atoms with E-state index in [2.05, 4.69) is 10.3 Å². The van der Waals surface area contributed by atoms with Gasteiger partial charge in [-0.25, -0.2) is 13.4 Å². The van der Waals surface area contributed by atoms with Crippen LogP contribution < -0.4 is 10.0 Å².